The third-order valence-electron chi connectivity index (χ3n) is 5.68. The molecular weight excluding hydrogens is 372 g/mol. The third kappa shape index (κ3) is 7.14. The summed E-state index contributed by atoms with van der Waals surface area (Å²) in [5.41, 5.74) is 1.21. The molecule has 0 bridgehead atoms. The molecular formula is C22H36N2O3S. The first-order chi connectivity index (χ1) is 13.7. The Morgan fingerprint density at radius 2 is 1.89 bits per heavy atom. The van der Waals surface area contributed by atoms with E-state index in [4.69, 9.17) is 9.47 Å². The van der Waals surface area contributed by atoms with Gasteiger partial charge in [-0.1, -0.05) is 31.7 Å². The van der Waals surface area contributed by atoms with Gasteiger partial charge in [-0.25, -0.2) is 0 Å². The highest BCUT2D eigenvalue weighted by atomic mass is 32.2. The molecule has 158 valence electrons. The van der Waals surface area contributed by atoms with E-state index in [-0.39, 0.29) is 0 Å². The van der Waals surface area contributed by atoms with Gasteiger partial charge in [-0.2, -0.15) is 11.8 Å². The summed E-state index contributed by atoms with van der Waals surface area (Å²) >= 11 is 1.98. The molecule has 1 saturated heterocycles. The first-order valence-corrected chi connectivity index (χ1v) is 11.9. The lowest BCUT2D eigenvalue weighted by atomic mass is 10.1. The third-order valence-corrected chi connectivity index (χ3v) is 6.62. The van der Waals surface area contributed by atoms with Gasteiger partial charge in [-0.15, -0.1) is 0 Å². The Kier molecular flexibility index (Phi) is 9.25. The number of rotatable bonds is 9. The second kappa shape index (κ2) is 11.9. The van der Waals surface area contributed by atoms with Crippen LogP contribution in [0, 0.1) is 0 Å². The highest BCUT2D eigenvalue weighted by Crippen LogP contribution is 2.28. The van der Waals surface area contributed by atoms with Crippen LogP contribution in [0.2, 0.25) is 0 Å². The summed E-state index contributed by atoms with van der Waals surface area (Å²) in [6, 6.07) is 6.74. The summed E-state index contributed by atoms with van der Waals surface area (Å²) in [7, 11) is 1.67. The topological polar surface area (TPSA) is 54.0 Å². The quantitative estimate of drug-likeness (QED) is 0.612. The van der Waals surface area contributed by atoms with Crippen LogP contribution in [0.1, 0.15) is 44.1 Å². The number of hydrogen-bond acceptors (Lipinski definition) is 6. The first kappa shape index (κ1) is 21.8. The van der Waals surface area contributed by atoms with Gasteiger partial charge in [-0.05, 0) is 30.5 Å². The van der Waals surface area contributed by atoms with E-state index in [1.54, 1.807) is 7.11 Å². The molecule has 1 atom stereocenters. The molecule has 1 aliphatic carbocycles. The lowest BCUT2D eigenvalue weighted by Crippen LogP contribution is -2.40. The first-order valence-electron chi connectivity index (χ1n) is 10.8. The van der Waals surface area contributed by atoms with E-state index in [9.17, 15) is 5.11 Å². The molecule has 1 aromatic carbocycles. The maximum atomic E-state index is 10.3. The molecule has 1 heterocycles. The fourth-order valence-corrected chi connectivity index (χ4v) is 4.99. The van der Waals surface area contributed by atoms with E-state index in [1.807, 2.05) is 23.9 Å². The Labute approximate surface area is 174 Å². The predicted octanol–water partition coefficient (Wildman–Crippen LogP) is 3.30. The largest absolute Gasteiger partial charge is 0.493 e. The zero-order valence-corrected chi connectivity index (χ0v) is 18.0. The minimum atomic E-state index is -0.482. The van der Waals surface area contributed by atoms with E-state index < -0.39 is 6.10 Å². The zero-order valence-electron chi connectivity index (χ0n) is 17.2. The number of aliphatic hydroxyl groups excluding tert-OH is 1. The SMILES string of the molecule is COc1cc(CNC2CCCCCC2)ccc1OC[C@@H](O)CN1CCSCC1. The van der Waals surface area contributed by atoms with Crippen LogP contribution in [0.3, 0.4) is 0 Å². The van der Waals surface area contributed by atoms with Crippen LogP contribution in [-0.4, -0.2) is 67.0 Å². The number of nitrogens with one attached hydrogen (secondary N) is 1. The number of aliphatic hydroxyl groups is 1. The second-order valence-electron chi connectivity index (χ2n) is 7.93. The molecule has 2 N–H and O–H groups in total. The van der Waals surface area contributed by atoms with E-state index in [1.165, 1.54) is 44.1 Å². The summed E-state index contributed by atoms with van der Waals surface area (Å²) in [6.07, 6.45) is 7.52. The Morgan fingerprint density at radius 3 is 2.61 bits per heavy atom. The molecule has 5 nitrogen and oxygen atoms in total. The monoisotopic (exact) mass is 408 g/mol. The molecule has 6 heteroatoms. The van der Waals surface area contributed by atoms with Crippen molar-refractivity contribution in [3.8, 4) is 11.5 Å². The average Bonchev–Trinajstić information content (AvgIpc) is 3.00. The molecule has 3 rings (SSSR count). The second-order valence-corrected chi connectivity index (χ2v) is 9.16. The number of ether oxygens (including phenoxy) is 2. The van der Waals surface area contributed by atoms with Gasteiger partial charge in [0.05, 0.1) is 7.11 Å². The maximum absolute atomic E-state index is 10.3. The highest BCUT2D eigenvalue weighted by molar-refractivity contribution is 7.99. The molecule has 0 amide bonds. The molecule has 0 spiro atoms. The Bertz CT molecular complexity index is 573. The van der Waals surface area contributed by atoms with Crippen molar-refractivity contribution in [3.05, 3.63) is 23.8 Å². The van der Waals surface area contributed by atoms with Crippen LogP contribution in [0.25, 0.3) is 0 Å². The van der Waals surface area contributed by atoms with Gasteiger partial charge in [0.1, 0.15) is 12.7 Å². The predicted molar refractivity (Wildman–Crippen MR) is 117 cm³/mol. The molecule has 2 aliphatic rings. The molecule has 1 saturated carbocycles. The number of β-amino-alcohol motifs (C(OH)–C–C–N with tert-alkyl or cyclic N) is 1. The lowest BCUT2D eigenvalue weighted by Gasteiger charge is -2.28. The van der Waals surface area contributed by atoms with Crippen molar-refractivity contribution in [1.29, 1.82) is 0 Å². The Balaban J connectivity index is 1.46. The van der Waals surface area contributed by atoms with Gasteiger partial charge in [0.25, 0.3) is 0 Å². The summed E-state index contributed by atoms with van der Waals surface area (Å²) < 4.78 is 11.4. The summed E-state index contributed by atoms with van der Waals surface area (Å²) in [6.45, 7) is 3.92. The van der Waals surface area contributed by atoms with Gasteiger partial charge in [0, 0.05) is 43.7 Å². The van der Waals surface area contributed by atoms with Crippen LogP contribution < -0.4 is 14.8 Å². The fourth-order valence-electron chi connectivity index (χ4n) is 4.01. The van der Waals surface area contributed by atoms with Crippen LogP contribution in [0.5, 0.6) is 11.5 Å². The van der Waals surface area contributed by atoms with Crippen molar-refractivity contribution < 1.29 is 14.6 Å². The van der Waals surface area contributed by atoms with E-state index >= 15 is 0 Å². The number of hydrogen-bond donors (Lipinski definition) is 2. The fraction of sp³-hybridized carbons (Fsp3) is 0.727. The molecule has 0 radical (unpaired) electrons. The van der Waals surface area contributed by atoms with Crippen LogP contribution in [0.15, 0.2) is 18.2 Å². The number of methoxy groups -OCH3 is 1. The number of thioether (sulfide) groups is 1. The summed E-state index contributed by atoms with van der Waals surface area (Å²) in [5.74, 6) is 3.74. The standard InChI is InChI=1S/C22H36N2O3S/c1-26-22-14-18(15-23-19-6-4-2-3-5-7-19)8-9-21(22)27-17-20(25)16-24-10-12-28-13-11-24/h8-9,14,19-20,23,25H,2-7,10-13,15-17H2,1H3/t20-/m0/s1. The summed E-state index contributed by atoms with van der Waals surface area (Å²) in [4.78, 5) is 2.31. The number of benzene rings is 1. The van der Waals surface area contributed by atoms with E-state index in [0.29, 0.717) is 24.9 Å². The average molecular weight is 409 g/mol. The molecule has 2 fully saturated rings. The van der Waals surface area contributed by atoms with E-state index in [2.05, 4.69) is 16.3 Å². The van der Waals surface area contributed by atoms with Gasteiger partial charge >= 0.3 is 0 Å². The molecule has 1 aromatic rings. The lowest BCUT2D eigenvalue weighted by molar-refractivity contribution is 0.0705. The zero-order chi connectivity index (χ0) is 19.6. The van der Waals surface area contributed by atoms with Gasteiger partial charge < -0.3 is 19.9 Å². The molecule has 0 aromatic heterocycles. The smallest absolute Gasteiger partial charge is 0.161 e. The van der Waals surface area contributed by atoms with Gasteiger partial charge in [0.15, 0.2) is 11.5 Å². The van der Waals surface area contributed by atoms with Gasteiger partial charge in [-0.3, -0.25) is 4.90 Å². The van der Waals surface area contributed by atoms with Crippen molar-refractivity contribution in [1.82, 2.24) is 10.2 Å². The van der Waals surface area contributed by atoms with Crippen molar-refractivity contribution in [3.63, 3.8) is 0 Å². The van der Waals surface area contributed by atoms with Crippen molar-refractivity contribution in [2.45, 2.75) is 57.2 Å². The highest BCUT2D eigenvalue weighted by Gasteiger charge is 2.16. The Hall–Kier alpha value is -0.950. The molecule has 0 unspecified atom stereocenters. The minimum absolute atomic E-state index is 0.291. The van der Waals surface area contributed by atoms with Crippen molar-refractivity contribution in [2.75, 3.05) is 44.9 Å². The van der Waals surface area contributed by atoms with Crippen LogP contribution in [0.4, 0.5) is 0 Å². The van der Waals surface area contributed by atoms with Crippen LogP contribution in [-0.2, 0) is 6.54 Å². The Morgan fingerprint density at radius 1 is 1.14 bits per heavy atom. The minimum Gasteiger partial charge on any atom is -0.493 e. The van der Waals surface area contributed by atoms with Crippen molar-refractivity contribution >= 4 is 11.8 Å². The van der Waals surface area contributed by atoms with Gasteiger partial charge in [0.2, 0.25) is 0 Å². The number of nitrogens with zero attached hydrogens (tertiary/aromatic N) is 1. The summed E-state index contributed by atoms with van der Waals surface area (Å²) in [5, 5.41) is 14.0. The maximum Gasteiger partial charge on any atom is 0.161 e. The molecule has 28 heavy (non-hydrogen) atoms. The molecule has 1 aliphatic heterocycles. The van der Waals surface area contributed by atoms with Crippen molar-refractivity contribution in [2.24, 2.45) is 0 Å². The van der Waals surface area contributed by atoms with E-state index in [0.717, 1.165) is 36.9 Å². The normalized spacial score (nSPS) is 20.5. The van der Waals surface area contributed by atoms with Crippen LogP contribution >= 0.6 is 11.8 Å².